The van der Waals surface area contributed by atoms with Gasteiger partial charge in [-0.05, 0) is 47.4 Å². The van der Waals surface area contributed by atoms with Crippen LogP contribution in [0.15, 0.2) is 48.5 Å². The van der Waals surface area contributed by atoms with E-state index >= 15 is 0 Å². The van der Waals surface area contributed by atoms with Crippen molar-refractivity contribution >= 4 is 18.0 Å². The number of benzene rings is 2. The smallest absolute Gasteiger partial charge is 0.407 e. The summed E-state index contributed by atoms with van der Waals surface area (Å²) in [6.45, 7) is 6.05. The number of rotatable bonds is 11. The van der Waals surface area contributed by atoms with Crippen molar-refractivity contribution in [1.82, 2.24) is 10.6 Å². The summed E-state index contributed by atoms with van der Waals surface area (Å²) < 4.78 is 5.58. The number of amides is 2. The molecule has 0 heterocycles. The first kappa shape index (κ1) is 25.3. The Bertz CT molecular complexity index is 974. The molecular weight excluding hydrogens is 432 g/mol. The van der Waals surface area contributed by atoms with E-state index in [0.717, 1.165) is 22.3 Å². The van der Waals surface area contributed by atoms with Crippen LogP contribution in [-0.4, -0.2) is 41.8 Å². The molecular formula is C27H34N2O5. The fraction of sp³-hybridized carbons (Fsp3) is 0.444. The van der Waals surface area contributed by atoms with E-state index in [1.165, 1.54) is 0 Å². The van der Waals surface area contributed by atoms with Crippen LogP contribution in [0, 0.1) is 5.92 Å². The highest BCUT2D eigenvalue weighted by Gasteiger charge is 2.30. The summed E-state index contributed by atoms with van der Waals surface area (Å²) in [6.07, 6.45) is 1.35. The van der Waals surface area contributed by atoms with Crippen LogP contribution in [0.25, 0.3) is 11.1 Å². The van der Waals surface area contributed by atoms with Gasteiger partial charge in [-0.2, -0.15) is 0 Å². The number of carboxylic acid groups (broad SMARTS) is 1. The van der Waals surface area contributed by atoms with Crippen molar-refractivity contribution in [3.05, 3.63) is 59.7 Å². The van der Waals surface area contributed by atoms with Gasteiger partial charge in [0.1, 0.15) is 18.7 Å². The van der Waals surface area contributed by atoms with E-state index in [4.69, 9.17) is 4.74 Å². The highest BCUT2D eigenvalue weighted by atomic mass is 16.5. The molecule has 182 valence electrons. The van der Waals surface area contributed by atoms with Crippen LogP contribution >= 0.6 is 0 Å². The Morgan fingerprint density at radius 1 is 0.882 bits per heavy atom. The first-order chi connectivity index (χ1) is 16.3. The molecule has 34 heavy (non-hydrogen) atoms. The minimum absolute atomic E-state index is 0.0814. The quantitative estimate of drug-likeness (QED) is 0.445. The molecule has 2 aromatic carbocycles. The zero-order chi connectivity index (χ0) is 24.7. The maximum absolute atomic E-state index is 12.8. The fourth-order valence-corrected chi connectivity index (χ4v) is 4.37. The van der Waals surface area contributed by atoms with Gasteiger partial charge in [0.05, 0.1) is 0 Å². The summed E-state index contributed by atoms with van der Waals surface area (Å²) >= 11 is 0. The molecule has 0 aromatic heterocycles. The van der Waals surface area contributed by atoms with Crippen molar-refractivity contribution in [3.63, 3.8) is 0 Å². The maximum Gasteiger partial charge on any atom is 0.407 e. The topological polar surface area (TPSA) is 105 Å². The fourth-order valence-electron chi connectivity index (χ4n) is 4.37. The third-order valence-corrected chi connectivity index (χ3v) is 6.18. The molecule has 0 saturated heterocycles. The number of hydrogen-bond acceptors (Lipinski definition) is 4. The number of nitrogens with one attached hydrogen (secondary N) is 2. The zero-order valence-electron chi connectivity index (χ0n) is 20.0. The highest BCUT2D eigenvalue weighted by Crippen LogP contribution is 2.44. The predicted molar refractivity (Wildman–Crippen MR) is 131 cm³/mol. The van der Waals surface area contributed by atoms with Crippen LogP contribution in [0.5, 0.6) is 0 Å². The third-order valence-electron chi connectivity index (χ3n) is 6.18. The molecule has 7 heteroatoms. The Labute approximate surface area is 200 Å². The molecule has 0 bridgehead atoms. The molecule has 1 aliphatic carbocycles. The van der Waals surface area contributed by atoms with Crippen molar-refractivity contribution in [1.29, 1.82) is 0 Å². The zero-order valence-corrected chi connectivity index (χ0v) is 20.0. The van der Waals surface area contributed by atoms with Crippen molar-refractivity contribution < 1.29 is 24.2 Å². The third kappa shape index (κ3) is 6.16. The van der Waals surface area contributed by atoms with Crippen LogP contribution in [0.3, 0.4) is 0 Å². The Hall–Kier alpha value is -3.35. The number of hydrogen-bond donors (Lipinski definition) is 3. The number of aliphatic carboxylic acids is 1. The van der Waals surface area contributed by atoms with Crippen LogP contribution in [0.2, 0.25) is 0 Å². The number of alkyl carbamates (subject to hydrolysis) is 1. The van der Waals surface area contributed by atoms with E-state index in [1.54, 1.807) is 0 Å². The number of carbonyl (C=O) groups is 3. The van der Waals surface area contributed by atoms with Gasteiger partial charge in [0.25, 0.3) is 0 Å². The lowest BCUT2D eigenvalue weighted by Crippen LogP contribution is -2.51. The minimum atomic E-state index is -1.08. The molecule has 0 radical (unpaired) electrons. The minimum Gasteiger partial charge on any atom is -0.480 e. The summed E-state index contributed by atoms with van der Waals surface area (Å²) in [6, 6.07) is 14.3. The molecule has 1 unspecified atom stereocenters. The van der Waals surface area contributed by atoms with Gasteiger partial charge >= 0.3 is 12.1 Å². The van der Waals surface area contributed by atoms with E-state index in [1.807, 2.05) is 57.2 Å². The number of carboxylic acids is 1. The molecule has 7 nitrogen and oxygen atoms in total. The van der Waals surface area contributed by atoms with Crippen LogP contribution in [0.4, 0.5) is 4.79 Å². The molecule has 0 aliphatic heterocycles. The molecule has 0 saturated carbocycles. The number of ether oxygens (including phenoxy) is 1. The summed E-state index contributed by atoms with van der Waals surface area (Å²) in [5, 5.41) is 14.6. The maximum atomic E-state index is 12.8. The first-order valence-corrected chi connectivity index (χ1v) is 12.0. The highest BCUT2D eigenvalue weighted by molar-refractivity contribution is 5.89. The molecule has 0 fully saturated rings. The lowest BCUT2D eigenvalue weighted by atomic mass is 9.98. The second kappa shape index (κ2) is 11.7. The van der Waals surface area contributed by atoms with Crippen LogP contribution in [0.1, 0.15) is 63.5 Å². The van der Waals surface area contributed by atoms with Crippen molar-refractivity contribution in [2.45, 2.75) is 64.5 Å². The predicted octanol–water partition coefficient (Wildman–Crippen LogP) is 4.70. The largest absolute Gasteiger partial charge is 0.480 e. The molecule has 3 N–H and O–H groups in total. The SMILES string of the molecule is CCC[C@H](NC(=O)C(CCC(C)C)NC(=O)OCC1c2ccccc2-c2ccccc21)C(=O)O. The lowest BCUT2D eigenvalue weighted by Gasteiger charge is -2.22. The molecule has 2 atom stereocenters. The number of carbonyl (C=O) groups excluding carboxylic acids is 2. The van der Waals surface area contributed by atoms with Crippen molar-refractivity contribution in [2.75, 3.05) is 6.61 Å². The average Bonchev–Trinajstić information content (AvgIpc) is 3.13. The van der Waals surface area contributed by atoms with Gasteiger partial charge in [-0.15, -0.1) is 0 Å². The number of fused-ring (bicyclic) bond motifs is 3. The van der Waals surface area contributed by atoms with Crippen molar-refractivity contribution in [3.8, 4) is 11.1 Å². The van der Waals surface area contributed by atoms with Gasteiger partial charge in [-0.25, -0.2) is 9.59 Å². The summed E-state index contributed by atoms with van der Waals surface area (Å²) in [5.41, 5.74) is 4.48. The van der Waals surface area contributed by atoms with Gasteiger partial charge in [0.15, 0.2) is 0 Å². The monoisotopic (exact) mass is 466 g/mol. The average molecular weight is 467 g/mol. The molecule has 2 amide bonds. The van der Waals surface area contributed by atoms with E-state index in [2.05, 4.69) is 22.8 Å². The Morgan fingerprint density at radius 3 is 2.00 bits per heavy atom. The normalized spacial score (nSPS) is 14.1. The summed E-state index contributed by atoms with van der Waals surface area (Å²) in [7, 11) is 0. The van der Waals surface area contributed by atoms with Gasteiger partial charge in [0.2, 0.25) is 5.91 Å². The first-order valence-electron chi connectivity index (χ1n) is 12.0. The van der Waals surface area contributed by atoms with E-state index < -0.39 is 30.1 Å². The van der Waals surface area contributed by atoms with Gasteiger partial charge in [-0.3, -0.25) is 4.79 Å². The van der Waals surface area contributed by atoms with Crippen LogP contribution < -0.4 is 10.6 Å². The van der Waals surface area contributed by atoms with E-state index in [0.29, 0.717) is 31.6 Å². The van der Waals surface area contributed by atoms with Gasteiger partial charge in [-0.1, -0.05) is 75.7 Å². The second-order valence-electron chi connectivity index (χ2n) is 9.18. The Morgan fingerprint density at radius 2 is 1.47 bits per heavy atom. The van der Waals surface area contributed by atoms with Gasteiger partial charge in [0, 0.05) is 5.92 Å². The van der Waals surface area contributed by atoms with Gasteiger partial charge < -0.3 is 20.5 Å². The lowest BCUT2D eigenvalue weighted by molar-refractivity contribution is -0.142. The van der Waals surface area contributed by atoms with E-state index in [9.17, 15) is 19.5 Å². The van der Waals surface area contributed by atoms with E-state index in [-0.39, 0.29) is 12.5 Å². The molecule has 0 spiro atoms. The standard InChI is InChI=1S/C27H34N2O5/c1-4-9-24(26(31)32)28-25(30)23(15-14-17(2)3)29-27(33)34-16-22-20-12-7-5-10-18(20)19-11-6-8-13-21(19)22/h5-8,10-13,17,22-24H,4,9,14-16H2,1-3H3,(H,28,30)(H,29,33)(H,31,32)/t23?,24-/m0/s1. The Balaban J connectivity index is 1.66. The molecule has 1 aliphatic rings. The van der Waals surface area contributed by atoms with Crippen molar-refractivity contribution in [2.24, 2.45) is 5.92 Å². The Kier molecular flexibility index (Phi) is 8.68. The second-order valence-corrected chi connectivity index (χ2v) is 9.18. The summed E-state index contributed by atoms with van der Waals surface area (Å²) in [5.74, 6) is -1.35. The van der Waals surface area contributed by atoms with Crippen LogP contribution in [-0.2, 0) is 14.3 Å². The molecule has 2 aromatic rings. The molecule has 3 rings (SSSR count). The summed E-state index contributed by atoms with van der Waals surface area (Å²) in [4.78, 5) is 37.0.